The summed E-state index contributed by atoms with van der Waals surface area (Å²) in [5.41, 5.74) is 11.8. The lowest BCUT2D eigenvalue weighted by molar-refractivity contribution is 0.670. The Kier molecular flexibility index (Phi) is 6.27. The topological polar surface area (TPSA) is 48.8 Å². The highest BCUT2D eigenvalue weighted by Crippen LogP contribution is 2.43. The second-order valence-electron chi connectivity index (χ2n) is 14.2. The number of fused-ring (bicyclic) bond motifs is 11. The predicted molar refractivity (Wildman–Crippen MR) is 226 cm³/mol. The van der Waals surface area contributed by atoms with Crippen LogP contribution in [-0.4, -0.2) is 19.1 Å². The number of para-hydroxylation sites is 3. The molecule has 5 nitrogen and oxygen atoms in total. The molecule has 12 aromatic rings. The zero-order valence-corrected chi connectivity index (χ0v) is 29.5. The van der Waals surface area contributed by atoms with Crippen LogP contribution in [0.1, 0.15) is 0 Å². The minimum absolute atomic E-state index is 0.594. The second kappa shape index (κ2) is 11.5. The number of benzene rings is 8. The van der Waals surface area contributed by atoms with Crippen molar-refractivity contribution >= 4 is 76.5 Å². The summed E-state index contributed by atoms with van der Waals surface area (Å²) in [6.45, 7) is 0. The summed E-state index contributed by atoms with van der Waals surface area (Å²) in [5.74, 6) is 0.594. The first-order chi connectivity index (χ1) is 27.3. The van der Waals surface area contributed by atoms with Crippen molar-refractivity contribution < 1.29 is 4.42 Å². The number of aromatic nitrogens is 4. The Morgan fingerprint density at radius 3 is 1.60 bits per heavy atom. The summed E-state index contributed by atoms with van der Waals surface area (Å²) in [6, 6.07) is 64.2. The van der Waals surface area contributed by atoms with Gasteiger partial charge in [0.15, 0.2) is 5.58 Å². The molecule has 0 saturated carbocycles. The third-order valence-corrected chi connectivity index (χ3v) is 11.1. The van der Waals surface area contributed by atoms with Gasteiger partial charge in [-0.2, -0.15) is 0 Å². The van der Waals surface area contributed by atoms with Crippen molar-refractivity contribution in [1.29, 1.82) is 0 Å². The van der Waals surface area contributed by atoms with Crippen LogP contribution in [0.3, 0.4) is 0 Å². The molecule has 0 amide bonds. The monoisotopic (exact) mass is 702 g/mol. The summed E-state index contributed by atoms with van der Waals surface area (Å²) in [5, 5.41) is 7.86. The zero-order chi connectivity index (χ0) is 36.0. The maximum absolute atomic E-state index is 6.91. The van der Waals surface area contributed by atoms with E-state index >= 15 is 0 Å². The molecule has 8 aromatic carbocycles. The van der Waals surface area contributed by atoms with Crippen LogP contribution in [0.15, 0.2) is 186 Å². The number of hydrogen-bond donors (Lipinski definition) is 0. The SMILES string of the molecule is c1ccc(-c2cc3c4nc(-n5c6ccccc6c6cc7c8ccccc8n(-c8ccccc8)c7cc65)nc(-c5ccccc5)c4oc3c3ccccc23)cc1. The molecule has 0 radical (unpaired) electrons. The van der Waals surface area contributed by atoms with Gasteiger partial charge < -0.3 is 8.98 Å². The van der Waals surface area contributed by atoms with Gasteiger partial charge in [0.05, 0.1) is 22.1 Å². The summed E-state index contributed by atoms with van der Waals surface area (Å²) in [4.78, 5) is 10.9. The molecule has 0 aliphatic rings. The molecule has 0 spiro atoms. The highest BCUT2D eigenvalue weighted by molar-refractivity contribution is 6.21. The average Bonchev–Trinajstić information content (AvgIpc) is 3.90. The molecule has 0 aliphatic carbocycles. The summed E-state index contributed by atoms with van der Waals surface area (Å²) >= 11 is 0. The highest BCUT2D eigenvalue weighted by Gasteiger charge is 2.24. The van der Waals surface area contributed by atoms with E-state index in [9.17, 15) is 0 Å². The molecule has 4 aromatic heterocycles. The molecule has 0 atom stereocenters. The van der Waals surface area contributed by atoms with Crippen LogP contribution >= 0.6 is 0 Å². The van der Waals surface area contributed by atoms with Crippen LogP contribution < -0.4 is 0 Å². The molecule has 55 heavy (non-hydrogen) atoms. The van der Waals surface area contributed by atoms with E-state index in [1.165, 1.54) is 16.3 Å². The van der Waals surface area contributed by atoms with Crippen LogP contribution in [0.2, 0.25) is 0 Å². The Labute approximate surface area is 315 Å². The molecule has 0 bridgehead atoms. The van der Waals surface area contributed by atoms with Gasteiger partial charge in [0.25, 0.3) is 0 Å². The minimum atomic E-state index is 0.594. The Morgan fingerprint density at radius 1 is 0.364 bits per heavy atom. The fraction of sp³-hybridized carbons (Fsp3) is 0. The van der Waals surface area contributed by atoms with E-state index in [0.29, 0.717) is 11.5 Å². The van der Waals surface area contributed by atoms with Gasteiger partial charge in [0.1, 0.15) is 16.8 Å². The Hall–Kier alpha value is -7.50. The fourth-order valence-corrected chi connectivity index (χ4v) is 8.70. The van der Waals surface area contributed by atoms with E-state index in [1.807, 2.05) is 18.2 Å². The lowest BCUT2D eigenvalue weighted by Gasteiger charge is -2.11. The summed E-state index contributed by atoms with van der Waals surface area (Å²) in [6.07, 6.45) is 0. The van der Waals surface area contributed by atoms with E-state index in [-0.39, 0.29) is 0 Å². The van der Waals surface area contributed by atoms with Crippen molar-refractivity contribution in [2.75, 3.05) is 0 Å². The molecule has 12 rings (SSSR count). The molecule has 0 fully saturated rings. The molecular weight excluding hydrogens is 673 g/mol. The number of hydrogen-bond acceptors (Lipinski definition) is 3. The molecule has 0 aliphatic heterocycles. The first kappa shape index (κ1) is 30.0. The maximum atomic E-state index is 6.91. The van der Waals surface area contributed by atoms with Crippen molar-refractivity contribution in [3.63, 3.8) is 0 Å². The van der Waals surface area contributed by atoms with Gasteiger partial charge in [-0.15, -0.1) is 0 Å². The number of nitrogens with zero attached hydrogens (tertiary/aromatic N) is 4. The van der Waals surface area contributed by atoms with E-state index in [2.05, 4.69) is 173 Å². The van der Waals surface area contributed by atoms with Gasteiger partial charge >= 0.3 is 0 Å². The van der Waals surface area contributed by atoms with E-state index in [0.717, 1.165) is 82.7 Å². The first-order valence-corrected chi connectivity index (χ1v) is 18.6. The van der Waals surface area contributed by atoms with Crippen molar-refractivity contribution in [1.82, 2.24) is 19.1 Å². The predicted octanol–water partition coefficient (Wildman–Crippen LogP) is 13.1. The number of rotatable bonds is 4. The average molecular weight is 703 g/mol. The van der Waals surface area contributed by atoms with Crippen LogP contribution in [0, 0.1) is 0 Å². The second-order valence-corrected chi connectivity index (χ2v) is 14.2. The Bertz CT molecular complexity index is 3470. The summed E-state index contributed by atoms with van der Waals surface area (Å²) < 4.78 is 11.5. The summed E-state index contributed by atoms with van der Waals surface area (Å²) in [7, 11) is 0. The molecule has 0 saturated heterocycles. The van der Waals surface area contributed by atoms with Crippen LogP contribution in [-0.2, 0) is 0 Å². The largest absolute Gasteiger partial charge is 0.451 e. The third kappa shape index (κ3) is 4.35. The molecular formula is C50H30N4O. The minimum Gasteiger partial charge on any atom is -0.451 e. The zero-order valence-electron chi connectivity index (χ0n) is 29.5. The Balaban J connectivity index is 1.23. The third-order valence-electron chi connectivity index (χ3n) is 11.1. The van der Waals surface area contributed by atoms with Gasteiger partial charge in [-0.05, 0) is 59.0 Å². The highest BCUT2D eigenvalue weighted by atomic mass is 16.3. The van der Waals surface area contributed by atoms with Crippen LogP contribution in [0.4, 0.5) is 0 Å². The van der Waals surface area contributed by atoms with E-state index in [4.69, 9.17) is 14.4 Å². The van der Waals surface area contributed by atoms with Gasteiger partial charge in [-0.3, -0.25) is 4.57 Å². The standard InChI is InChI=1S/C50H30N4O/c1-4-16-31(17-5-1)38-28-41-47-49(55-48(41)37-25-11-10-22-34(37)38)46(32-18-6-2-7-19-32)51-50(52-47)54-43-27-15-13-24-36(43)40-29-39-35-23-12-14-26-42(35)53(44(39)30-45(40)54)33-20-8-3-9-21-33/h1-30H. The molecule has 4 heterocycles. The van der Waals surface area contributed by atoms with E-state index in [1.54, 1.807) is 0 Å². The van der Waals surface area contributed by atoms with Crippen molar-refractivity contribution in [3.8, 4) is 34.0 Å². The normalized spacial score (nSPS) is 12.0. The quantitative estimate of drug-likeness (QED) is 0.183. The maximum Gasteiger partial charge on any atom is 0.236 e. The van der Waals surface area contributed by atoms with Crippen molar-refractivity contribution in [2.24, 2.45) is 0 Å². The van der Waals surface area contributed by atoms with Crippen LogP contribution in [0.5, 0.6) is 0 Å². The van der Waals surface area contributed by atoms with Gasteiger partial charge in [0.2, 0.25) is 5.95 Å². The van der Waals surface area contributed by atoms with Crippen LogP contribution in [0.25, 0.3) is 110 Å². The fourth-order valence-electron chi connectivity index (χ4n) is 8.70. The molecule has 256 valence electrons. The molecule has 0 unspecified atom stereocenters. The van der Waals surface area contributed by atoms with E-state index < -0.39 is 0 Å². The molecule has 5 heteroatoms. The lowest BCUT2D eigenvalue weighted by atomic mass is 9.96. The van der Waals surface area contributed by atoms with Crippen molar-refractivity contribution in [2.45, 2.75) is 0 Å². The number of furan rings is 1. The van der Waals surface area contributed by atoms with Gasteiger partial charge in [-0.1, -0.05) is 140 Å². The Morgan fingerprint density at radius 2 is 0.909 bits per heavy atom. The smallest absolute Gasteiger partial charge is 0.236 e. The van der Waals surface area contributed by atoms with Crippen molar-refractivity contribution in [3.05, 3.63) is 182 Å². The van der Waals surface area contributed by atoms with Gasteiger partial charge in [0, 0.05) is 43.6 Å². The lowest BCUT2D eigenvalue weighted by Crippen LogP contribution is -2.03. The van der Waals surface area contributed by atoms with Gasteiger partial charge in [-0.25, -0.2) is 9.97 Å². The molecule has 0 N–H and O–H groups in total. The first-order valence-electron chi connectivity index (χ1n) is 18.6.